The van der Waals surface area contributed by atoms with Crippen molar-refractivity contribution in [2.75, 3.05) is 6.61 Å². The Hall–Kier alpha value is -1.16. The van der Waals surface area contributed by atoms with Crippen LogP contribution in [-0.4, -0.2) is 18.9 Å². The molecular weight excluding hydrogens is 284 g/mol. The summed E-state index contributed by atoms with van der Waals surface area (Å²) in [5, 5.41) is 0. The van der Waals surface area contributed by atoms with Gasteiger partial charge in [0.1, 0.15) is 6.29 Å². The summed E-state index contributed by atoms with van der Waals surface area (Å²) >= 11 is 3.42. The molecule has 0 radical (unpaired) electrons. The van der Waals surface area contributed by atoms with E-state index in [1.54, 1.807) is 6.92 Å². The quantitative estimate of drug-likeness (QED) is 0.599. The van der Waals surface area contributed by atoms with Gasteiger partial charge in [-0.25, -0.2) is 0 Å². The van der Waals surface area contributed by atoms with Crippen molar-refractivity contribution in [3.05, 3.63) is 33.8 Å². The summed E-state index contributed by atoms with van der Waals surface area (Å²) in [6, 6.07) is 5.72. The molecule has 0 bridgehead atoms. The van der Waals surface area contributed by atoms with Gasteiger partial charge in [-0.3, -0.25) is 4.79 Å². The van der Waals surface area contributed by atoms with Crippen molar-refractivity contribution in [3.8, 4) is 0 Å². The van der Waals surface area contributed by atoms with E-state index in [0.717, 1.165) is 21.9 Å². The van der Waals surface area contributed by atoms with E-state index in [1.165, 1.54) is 0 Å². The number of carbonyl (C=O) groups excluding carboxylic acids is 2. The molecule has 0 heterocycles. The van der Waals surface area contributed by atoms with Crippen LogP contribution in [0.3, 0.4) is 0 Å². The molecule has 0 aliphatic rings. The van der Waals surface area contributed by atoms with Crippen LogP contribution in [0.1, 0.15) is 24.5 Å². The van der Waals surface area contributed by atoms with E-state index >= 15 is 0 Å². The summed E-state index contributed by atoms with van der Waals surface area (Å²) in [5.41, 5.74) is 1.92. The summed E-state index contributed by atoms with van der Waals surface area (Å²) in [6.45, 7) is 2.16. The summed E-state index contributed by atoms with van der Waals surface area (Å²) < 4.78 is 5.81. The number of aldehydes is 1. The van der Waals surface area contributed by atoms with Gasteiger partial charge in [-0.2, -0.15) is 0 Å². The highest BCUT2D eigenvalue weighted by Gasteiger charge is 2.11. The van der Waals surface area contributed by atoms with E-state index in [0.29, 0.717) is 19.4 Å². The van der Waals surface area contributed by atoms with Gasteiger partial charge < -0.3 is 9.53 Å². The van der Waals surface area contributed by atoms with E-state index in [2.05, 4.69) is 15.9 Å². The van der Waals surface area contributed by atoms with Crippen LogP contribution in [0, 0.1) is 0 Å². The largest absolute Gasteiger partial charge is 0.466 e. The van der Waals surface area contributed by atoms with Crippen molar-refractivity contribution in [2.24, 2.45) is 0 Å². The minimum Gasteiger partial charge on any atom is -0.466 e. The van der Waals surface area contributed by atoms with E-state index in [1.807, 2.05) is 18.2 Å². The van der Waals surface area contributed by atoms with Crippen LogP contribution in [-0.2, 0) is 27.2 Å². The van der Waals surface area contributed by atoms with Crippen molar-refractivity contribution >= 4 is 28.2 Å². The number of hydrogen-bond acceptors (Lipinski definition) is 3. The highest BCUT2D eigenvalue weighted by Crippen LogP contribution is 2.22. The number of hydrogen-bond donors (Lipinski definition) is 0. The van der Waals surface area contributed by atoms with Crippen LogP contribution < -0.4 is 0 Å². The molecule has 0 N–H and O–H groups in total. The predicted molar refractivity (Wildman–Crippen MR) is 68.9 cm³/mol. The lowest BCUT2D eigenvalue weighted by molar-refractivity contribution is -0.142. The summed E-state index contributed by atoms with van der Waals surface area (Å²) in [5.74, 6) is -0.244. The number of aryl methyl sites for hydroxylation is 1. The van der Waals surface area contributed by atoms with Gasteiger partial charge in [0, 0.05) is 10.9 Å². The smallest absolute Gasteiger partial charge is 0.310 e. The van der Waals surface area contributed by atoms with Crippen LogP contribution in [0.4, 0.5) is 0 Å². The number of halogens is 1. The van der Waals surface area contributed by atoms with E-state index < -0.39 is 0 Å². The van der Waals surface area contributed by atoms with Gasteiger partial charge in [0.05, 0.1) is 13.0 Å². The molecule has 0 saturated carbocycles. The summed E-state index contributed by atoms with van der Waals surface area (Å²) in [4.78, 5) is 21.9. The standard InChI is InChI=1S/C13H15BrO3/c1-2-17-13(16)9-11-10(6-4-8-15)5-3-7-12(11)14/h3,5,7-8H,2,4,6,9H2,1H3. The minimum atomic E-state index is -0.244. The lowest BCUT2D eigenvalue weighted by Gasteiger charge is -2.10. The average Bonchev–Trinajstić information content (AvgIpc) is 2.30. The van der Waals surface area contributed by atoms with Gasteiger partial charge in [-0.1, -0.05) is 28.1 Å². The molecule has 17 heavy (non-hydrogen) atoms. The zero-order valence-corrected chi connectivity index (χ0v) is 11.3. The first-order valence-corrected chi connectivity index (χ1v) is 6.33. The molecule has 1 aromatic carbocycles. The van der Waals surface area contributed by atoms with Crippen LogP contribution in [0.2, 0.25) is 0 Å². The van der Waals surface area contributed by atoms with Crippen LogP contribution >= 0.6 is 15.9 Å². The molecule has 1 rings (SSSR count). The maximum Gasteiger partial charge on any atom is 0.310 e. The predicted octanol–water partition coefficient (Wildman–Crippen LogP) is 2.69. The average molecular weight is 299 g/mol. The number of benzene rings is 1. The molecule has 1 aromatic rings. The zero-order chi connectivity index (χ0) is 12.7. The molecule has 0 fully saturated rings. The Kier molecular flexibility index (Phi) is 5.91. The fourth-order valence-electron chi connectivity index (χ4n) is 1.61. The van der Waals surface area contributed by atoms with Crippen LogP contribution in [0.15, 0.2) is 22.7 Å². The molecule has 0 aliphatic carbocycles. The lowest BCUT2D eigenvalue weighted by atomic mass is 10.0. The molecule has 92 valence electrons. The number of carbonyl (C=O) groups is 2. The Labute approximate surface area is 109 Å². The zero-order valence-electron chi connectivity index (χ0n) is 9.74. The van der Waals surface area contributed by atoms with E-state index in [9.17, 15) is 9.59 Å². The SMILES string of the molecule is CCOC(=O)Cc1c(Br)cccc1CCC=O. The Bertz CT molecular complexity index is 402. The molecule has 0 aromatic heterocycles. The monoisotopic (exact) mass is 298 g/mol. The third-order valence-electron chi connectivity index (χ3n) is 2.37. The number of rotatable bonds is 6. The Morgan fingerprint density at radius 2 is 2.24 bits per heavy atom. The third kappa shape index (κ3) is 4.30. The highest BCUT2D eigenvalue weighted by atomic mass is 79.9. The van der Waals surface area contributed by atoms with Crippen molar-refractivity contribution in [3.63, 3.8) is 0 Å². The van der Waals surface area contributed by atoms with Crippen LogP contribution in [0.5, 0.6) is 0 Å². The molecule has 0 amide bonds. The first-order valence-electron chi connectivity index (χ1n) is 5.54. The minimum absolute atomic E-state index is 0.240. The molecule has 4 heteroatoms. The highest BCUT2D eigenvalue weighted by molar-refractivity contribution is 9.10. The van der Waals surface area contributed by atoms with E-state index in [4.69, 9.17) is 4.74 Å². The fourth-order valence-corrected chi connectivity index (χ4v) is 2.15. The maximum atomic E-state index is 11.5. The van der Waals surface area contributed by atoms with Gasteiger partial charge in [0.25, 0.3) is 0 Å². The Morgan fingerprint density at radius 1 is 1.47 bits per heavy atom. The summed E-state index contributed by atoms with van der Waals surface area (Å²) in [7, 11) is 0. The van der Waals surface area contributed by atoms with Gasteiger partial charge in [-0.15, -0.1) is 0 Å². The molecule has 0 atom stereocenters. The van der Waals surface area contributed by atoms with Gasteiger partial charge in [0.15, 0.2) is 0 Å². The molecular formula is C13H15BrO3. The summed E-state index contributed by atoms with van der Waals surface area (Å²) in [6.07, 6.45) is 2.24. The molecule has 0 saturated heterocycles. The normalized spacial score (nSPS) is 10.0. The maximum absolute atomic E-state index is 11.5. The topological polar surface area (TPSA) is 43.4 Å². The Morgan fingerprint density at radius 3 is 2.88 bits per heavy atom. The Balaban J connectivity index is 2.86. The van der Waals surface area contributed by atoms with Crippen molar-refractivity contribution in [1.29, 1.82) is 0 Å². The van der Waals surface area contributed by atoms with Gasteiger partial charge in [-0.05, 0) is 30.5 Å². The molecule has 3 nitrogen and oxygen atoms in total. The third-order valence-corrected chi connectivity index (χ3v) is 3.12. The second-order valence-electron chi connectivity index (χ2n) is 3.56. The lowest BCUT2D eigenvalue weighted by Crippen LogP contribution is -2.10. The molecule has 0 unspecified atom stereocenters. The second-order valence-corrected chi connectivity index (χ2v) is 4.42. The van der Waals surface area contributed by atoms with Gasteiger partial charge >= 0.3 is 5.97 Å². The van der Waals surface area contributed by atoms with Gasteiger partial charge in [0.2, 0.25) is 0 Å². The van der Waals surface area contributed by atoms with Crippen molar-refractivity contribution < 1.29 is 14.3 Å². The molecule has 0 spiro atoms. The molecule has 0 aliphatic heterocycles. The number of esters is 1. The number of ether oxygens (including phenoxy) is 1. The first-order chi connectivity index (χ1) is 8.19. The second kappa shape index (κ2) is 7.22. The van der Waals surface area contributed by atoms with Crippen molar-refractivity contribution in [1.82, 2.24) is 0 Å². The first kappa shape index (κ1) is 13.9. The fraction of sp³-hybridized carbons (Fsp3) is 0.385. The van der Waals surface area contributed by atoms with Crippen molar-refractivity contribution in [2.45, 2.75) is 26.2 Å². The van der Waals surface area contributed by atoms with E-state index in [-0.39, 0.29) is 12.4 Å². The van der Waals surface area contributed by atoms with Crippen LogP contribution in [0.25, 0.3) is 0 Å².